The van der Waals surface area contributed by atoms with Gasteiger partial charge in [-0.3, -0.25) is 4.79 Å². The predicted octanol–water partition coefficient (Wildman–Crippen LogP) is 5.77. The molecule has 1 aliphatic rings. The fourth-order valence-electron chi connectivity index (χ4n) is 4.13. The van der Waals surface area contributed by atoms with E-state index >= 15 is 0 Å². The summed E-state index contributed by atoms with van der Waals surface area (Å²) in [6, 6.07) is 13.2. The molecule has 1 aromatic carbocycles. The molecule has 0 atom stereocenters. The number of rotatable bonds is 7. The zero-order chi connectivity index (χ0) is 20.1. The minimum Gasteiger partial charge on any atom is -0.345 e. The quantitative estimate of drug-likeness (QED) is 0.541. The highest BCUT2D eigenvalue weighted by atomic mass is 35.5. The van der Waals surface area contributed by atoms with E-state index in [1.807, 2.05) is 13.8 Å². The fraction of sp³-hybridized carbons (Fsp3) is 0.542. The summed E-state index contributed by atoms with van der Waals surface area (Å²) >= 11 is 6.15. The zero-order valence-corrected chi connectivity index (χ0v) is 18.2. The van der Waals surface area contributed by atoms with Gasteiger partial charge in [0.15, 0.2) is 0 Å². The Hall–Kier alpha value is -1.74. The largest absolute Gasteiger partial charge is 0.345 e. The Kier molecular flexibility index (Phi) is 6.87. The molecule has 0 radical (unpaired) electrons. The van der Waals surface area contributed by atoms with Gasteiger partial charge in [0.2, 0.25) is 5.91 Å². The van der Waals surface area contributed by atoms with Crippen molar-refractivity contribution in [3.05, 3.63) is 59.4 Å². The first kappa shape index (κ1) is 21.0. The number of amides is 1. The Morgan fingerprint density at radius 1 is 1.18 bits per heavy atom. The highest BCUT2D eigenvalue weighted by Crippen LogP contribution is 2.30. The number of hydrogen-bond acceptors (Lipinski definition) is 1. The highest BCUT2D eigenvalue weighted by Gasteiger charge is 2.35. The van der Waals surface area contributed by atoms with Crippen LogP contribution in [0.15, 0.2) is 42.6 Å². The van der Waals surface area contributed by atoms with Crippen LogP contribution in [0.3, 0.4) is 0 Å². The van der Waals surface area contributed by atoms with Gasteiger partial charge in [-0.2, -0.15) is 0 Å². The van der Waals surface area contributed by atoms with Gasteiger partial charge in [-0.05, 0) is 51.3 Å². The van der Waals surface area contributed by atoms with Crippen LogP contribution < -0.4 is 0 Å². The third-order valence-corrected chi connectivity index (χ3v) is 6.55. The number of nitrogens with zero attached hydrogens (tertiary/aromatic N) is 2. The molecule has 0 spiro atoms. The SMILES string of the molecule is Cc1cccc(Cn2cccc2CN(C(=O)C(C)(C)CCl)C2CCCCC2)c1. The lowest BCUT2D eigenvalue weighted by atomic mass is 9.89. The van der Waals surface area contributed by atoms with Gasteiger partial charge in [-0.1, -0.05) is 49.1 Å². The normalized spacial score (nSPS) is 15.6. The van der Waals surface area contributed by atoms with Crippen LogP contribution in [-0.4, -0.2) is 27.3 Å². The van der Waals surface area contributed by atoms with Crippen LogP contribution in [0.25, 0.3) is 0 Å². The molecular weight excluding hydrogens is 368 g/mol. The summed E-state index contributed by atoms with van der Waals surface area (Å²) in [5.74, 6) is 0.525. The summed E-state index contributed by atoms with van der Waals surface area (Å²) in [4.78, 5) is 15.5. The molecule has 0 aliphatic heterocycles. The van der Waals surface area contributed by atoms with Crippen LogP contribution in [0.5, 0.6) is 0 Å². The number of carbonyl (C=O) groups is 1. The van der Waals surface area contributed by atoms with Crippen molar-refractivity contribution in [2.75, 3.05) is 5.88 Å². The molecule has 0 bridgehead atoms. The maximum Gasteiger partial charge on any atom is 0.230 e. The fourth-order valence-corrected chi connectivity index (χ4v) is 4.25. The summed E-state index contributed by atoms with van der Waals surface area (Å²) in [5.41, 5.74) is 3.21. The smallest absolute Gasteiger partial charge is 0.230 e. The number of benzene rings is 1. The van der Waals surface area contributed by atoms with Crippen molar-refractivity contribution < 1.29 is 4.79 Å². The van der Waals surface area contributed by atoms with Crippen molar-refractivity contribution in [2.45, 2.75) is 72.0 Å². The van der Waals surface area contributed by atoms with Crippen LogP contribution in [-0.2, 0) is 17.9 Å². The van der Waals surface area contributed by atoms with Crippen LogP contribution >= 0.6 is 11.6 Å². The Morgan fingerprint density at radius 2 is 1.93 bits per heavy atom. The van der Waals surface area contributed by atoms with Gasteiger partial charge in [-0.15, -0.1) is 11.6 Å². The lowest BCUT2D eigenvalue weighted by Gasteiger charge is -2.39. The Morgan fingerprint density at radius 3 is 2.61 bits per heavy atom. The number of aryl methyl sites for hydroxylation is 1. The summed E-state index contributed by atoms with van der Waals surface area (Å²) in [6.45, 7) is 7.53. The van der Waals surface area contributed by atoms with Crippen LogP contribution in [0.4, 0.5) is 0 Å². The van der Waals surface area contributed by atoms with Crippen LogP contribution in [0.1, 0.15) is 62.8 Å². The van der Waals surface area contributed by atoms with E-state index in [1.54, 1.807) is 0 Å². The number of hydrogen-bond donors (Lipinski definition) is 0. The molecule has 1 aromatic heterocycles. The number of halogens is 1. The van der Waals surface area contributed by atoms with Gasteiger partial charge in [0.1, 0.15) is 0 Å². The minimum atomic E-state index is -0.535. The Labute approximate surface area is 174 Å². The summed E-state index contributed by atoms with van der Waals surface area (Å²) in [6.07, 6.45) is 8.01. The molecule has 1 heterocycles. The zero-order valence-electron chi connectivity index (χ0n) is 17.5. The molecule has 1 aliphatic carbocycles. The second-order valence-corrected chi connectivity index (χ2v) is 9.13. The van der Waals surface area contributed by atoms with E-state index in [0.29, 0.717) is 18.5 Å². The molecule has 3 rings (SSSR count). The van der Waals surface area contributed by atoms with Gasteiger partial charge in [0, 0.05) is 30.4 Å². The molecule has 1 saturated carbocycles. The van der Waals surface area contributed by atoms with Crippen molar-refractivity contribution in [1.29, 1.82) is 0 Å². The predicted molar refractivity (Wildman–Crippen MR) is 117 cm³/mol. The number of carbonyl (C=O) groups excluding carboxylic acids is 1. The molecule has 4 heteroatoms. The first-order chi connectivity index (χ1) is 13.4. The number of aromatic nitrogens is 1. The molecular formula is C24H33ClN2O. The van der Waals surface area contributed by atoms with Crippen LogP contribution in [0.2, 0.25) is 0 Å². The van der Waals surface area contributed by atoms with Gasteiger partial charge in [-0.25, -0.2) is 0 Å². The molecule has 0 saturated heterocycles. The average Bonchev–Trinajstić information content (AvgIpc) is 3.13. The Balaban J connectivity index is 1.83. The highest BCUT2D eigenvalue weighted by molar-refractivity contribution is 6.19. The van der Waals surface area contributed by atoms with Crippen molar-refractivity contribution in [3.8, 4) is 0 Å². The third kappa shape index (κ3) is 5.00. The lowest BCUT2D eigenvalue weighted by Crippen LogP contribution is -2.48. The second-order valence-electron chi connectivity index (χ2n) is 8.86. The number of alkyl halides is 1. The molecule has 152 valence electrons. The summed E-state index contributed by atoms with van der Waals surface area (Å²) in [5, 5.41) is 0. The maximum absolute atomic E-state index is 13.4. The van der Waals surface area contributed by atoms with Crippen LogP contribution in [0, 0.1) is 12.3 Å². The monoisotopic (exact) mass is 400 g/mol. The summed E-state index contributed by atoms with van der Waals surface area (Å²) < 4.78 is 2.27. The molecule has 3 nitrogen and oxygen atoms in total. The molecule has 0 unspecified atom stereocenters. The van der Waals surface area contributed by atoms with E-state index in [-0.39, 0.29) is 5.91 Å². The van der Waals surface area contributed by atoms with E-state index in [9.17, 15) is 4.79 Å². The molecule has 0 N–H and O–H groups in total. The molecule has 2 aromatic rings. The first-order valence-electron chi connectivity index (χ1n) is 10.5. The van der Waals surface area contributed by atoms with E-state index in [2.05, 4.69) is 59.0 Å². The van der Waals surface area contributed by atoms with Gasteiger partial charge < -0.3 is 9.47 Å². The van der Waals surface area contributed by atoms with E-state index in [1.165, 1.54) is 36.1 Å². The van der Waals surface area contributed by atoms with Crippen molar-refractivity contribution in [2.24, 2.45) is 5.41 Å². The topological polar surface area (TPSA) is 25.2 Å². The minimum absolute atomic E-state index is 0.178. The third-order valence-electron chi connectivity index (χ3n) is 5.88. The van der Waals surface area contributed by atoms with Gasteiger partial charge in [0.05, 0.1) is 12.0 Å². The first-order valence-corrected chi connectivity index (χ1v) is 11.0. The summed E-state index contributed by atoms with van der Waals surface area (Å²) in [7, 11) is 0. The molecule has 1 fully saturated rings. The van der Waals surface area contributed by atoms with E-state index < -0.39 is 5.41 Å². The van der Waals surface area contributed by atoms with Crippen molar-refractivity contribution in [3.63, 3.8) is 0 Å². The van der Waals surface area contributed by atoms with Crippen molar-refractivity contribution >= 4 is 17.5 Å². The molecule has 28 heavy (non-hydrogen) atoms. The van der Waals surface area contributed by atoms with Gasteiger partial charge >= 0.3 is 0 Å². The average molecular weight is 401 g/mol. The van der Waals surface area contributed by atoms with Gasteiger partial charge in [0.25, 0.3) is 0 Å². The second kappa shape index (κ2) is 9.17. The lowest BCUT2D eigenvalue weighted by molar-refractivity contribution is -0.143. The molecule has 1 amide bonds. The van der Waals surface area contributed by atoms with Crippen molar-refractivity contribution in [1.82, 2.24) is 9.47 Å². The van der Waals surface area contributed by atoms with E-state index in [4.69, 9.17) is 11.6 Å². The maximum atomic E-state index is 13.4. The Bertz CT molecular complexity index is 789. The van der Waals surface area contributed by atoms with E-state index in [0.717, 1.165) is 19.4 Å². The standard InChI is InChI=1S/C24H33ClN2O/c1-19-9-7-10-20(15-19)16-26-14-8-13-22(26)17-27(21-11-5-4-6-12-21)23(28)24(2,3)18-25/h7-10,13-15,21H,4-6,11-12,16-18H2,1-3H3.